The summed E-state index contributed by atoms with van der Waals surface area (Å²) in [4.78, 5) is 17.4. The minimum atomic E-state index is -4.18. The molecule has 0 radical (unpaired) electrons. The molecule has 1 aromatic carbocycles. The lowest BCUT2D eigenvalue weighted by atomic mass is 9.97. The Hall–Kier alpha value is -2.51. The Labute approximate surface area is 227 Å². The molecule has 4 rings (SSSR count). The van der Waals surface area contributed by atoms with Crippen molar-refractivity contribution in [3.8, 4) is 0 Å². The highest BCUT2D eigenvalue weighted by molar-refractivity contribution is 7.89. The molecule has 0 bridgehead atoms. The predicted molar refractivity (Wildman–Crippen MR) is 143 cm³/mol. The number of nitrogens with one attached hydrogen (secondary N) is 1. The highest BCUT2D eigenvalue weighted by atomic mass is 35.5. The third kappa shape index (κ3) is 5.74. The van der Waals surface area contributed by atoms with Gasteiger partial charge in [-0.25, -0.2) is 12.8 Å². The number of hydrogen-bond acceptors (Lipinski definition) is 8. The Morgan fingerprint density at radius 2 is 2.03 bits per heavy atom. The molecule has 11 nitrogen and oxygen atoms in total. The van der Waals surface area contributed by atoms with Crippen LogP contribution in [-0.2, 0) is 29.0 Å². The summed E-state index contributed by atoms with van der Waals surface area (Å²) in [5.74, 6) is -0.942. The molecule has 1 aliphatic heterocycles. The molecule has 208 valence electrons. The summed E-state index contributed by atoms with van der Waals surface area (Å²) in [5.41, 5.74) is 4.55. The Kier molecular flexibility index (Phi) is 9.09. The molecule has 1 atom stereocenters. The summed E-state index contributed by atoms with van der Waals surface area (Å²) in [7, 11) is -4.18. The van der Waals surface area contributed by atoms with Crippen molar-refractivity contribution < 1.29 is 27.4 Å². The van der Waals surface area contributed by atoms with Crippen molar-refractivity contribution in [3.05, 3.63) is 30.6 Å². The first-order valence-corrected chi connectivity index (χ1v) is 14.6. The van der Waals surface area contributed by atoms with Gasteiger partial charge in [0, 0.05) is 41.9 Å². The molecule has 38 heavy (non-hydrogen) atoms. The number of esters is 1. The van der Waals surface area contributed by atoms with Gasteiger partial charge in [0.25, 0.3) is 0 Å². The zero-order valence-electron chi connectivity index (χ0n) is 21.4. The van der Waals surface area contributed by atoms with Crippen LogP contribution in [0.25, 0.3) is 10.8 Å². The van der Waals surface area contributed by atoms with Crippen molar-refractivity contribution in [1.29, 1.82) is 5.41 Å². The van der Waals surface area contributed by atoms with Crippen LogP contribution in [0.2, 0.25) is 0 Å². The van der Waals surface area contributed by atoms with E-state index in [0.717, 1.165) is 23.7 Å². The van der Waals surface area contributed by atoms with Crippen LogP contribution in [-0.4, -0.2) is 67.8 Å². The van der Waals surface area contributed by atoms with Gasteiger partial charge in [0.15, 0.2) is 6.29 Å². The number of aromatic nitrogens is 1. The van der Waals surface area contributed by atoms with Crippen molar-refractivity contribution in [2.45, 2.75) is 68.6 Å². The average molecular weight is 568 g/mol. The lowest BCUT2D eigenvalue weighted by Gasteiger charge is -2.38. The molecule has 3 N–H and O–H groups in total. The molecule has 2 heterocycles. The number of carbonyl (C=O) groups is 1. The monoisotopic (exact) mass is 567 g/mol. The number of nitrogens with zero attached hydrogens (tertiary/aromatic N) is 3. The molecule has 1 aliphatic carbocycles. The Morgan fingerprint density at radius 1 is 1.26 bits per heavy atom. The van der Waals surface area contributed by atoms with Crippen LogP contribution in [0.1, 0.15) is 51.9 Å². The van der Waals surface area contributed by atoms with Gasteiger partial charge in [-0.05, 0) is 51.2 Å². The van der Waals surface area contributed by atoms with E-state index in [0.29, 0.717) is 48.8 Å². The summed E-state index contributed by atoms with van der Waals surface area (Å²) in [6.45, 7) is 2.51. The second kappa shape index (κ2) is 12.1. The van der Waals surface area contributed by atoms with Gasteiger partial charge in [0.1, 0.15) is 5.54 Å². The lowest BCUT2D eigenvalue weighted by molar-refractivity contribution is -0.167. The van der Waals surface area contributed by atoms with Crippen LogP contribution >= 0.6 is 11.8 Å². The van der Waals surface area contributed by atoms with E-state index in [-0.39, 0.29) is 30.9 Å². The minimum absolute atomic E-state index is 0.00242. The second-order valence-electron chi connectivity index (χ2n) is 9.41. The summed E-state index contributed by atoms with van der Waals surface area (Å²) < 4.78 is 47.5. The summed E-state index contributed by atoms with van der Waals surface area (Å²) in [6, 6.07) is 4.53. The number of carbonyl (C=O) groups excluding carboxylic acids is 1. The van der Waals surface area contributed by atoms with Crippen LogP contribution in [0.4, 0.5) is 5.69 Å². The number of halogens is 1. The smallest absolute Gasteiger partial charge is 0.327 e. The zero-order chi connectivity index (χ0) is 27.3. The standard InChI is InChI=1S/C25H34ClN5O6S/c1-2-35-23(32)25(10-4-5-11-25)30(12-14-37-22-7-3-6-13-36-22)38(33,34)19-8-9-20-18(15-19)16-29-17-21(20)31(26)24(27)28/h8-9,15-17,22H,2-7,10-14H2,1H3,(H3,27,28). The Morgan fingerprint density at radius 3 is 2.68 bits per heavy atom. The van der Waals surface area contributed by atoms with E-state index in [1.165, 1.54) is 28.8 Å². The van der Waals surface area contributed by atoms with Gasteiger partial charge >= 0.3 is 5.97 Å². The maximum Gasteiger partial charge on any atom is 0.327 e. The highest BCUT2D eigenvalue weighted by Crippen LogP contribution is 2.40. The maximum absolute atomic E-state index is 14.2. The fourth-order valence-electron chi connectivity index (χ4n) is 5.17. The van der Waals surface area contributed by atoms with Gasteiger partial charge in [0.2, 0.25) is 16.0 Å². The van der Waals surface area contributed by atoms with E-state index < -0.39 is 27.5 Å². The van der Waals surface area contributed by atoms with Crippen molar-refractivity contribution in [1.82, 2.24) is 9.29 Å². The minimum Gasteiger partial charge on any atom is -0.465 e. The van der Waals surface area contributed by atoms with Crippen LogP contribution in [0.15, 0.2) is 35.5 Å². The number of hydrogen-bond donors (Lipinski definition) is 2. The van der Waals surface area contributed by atoms with Crippen molar-refractivity contribution >= 4 is 50.2 Å². The average Bonchev–Trinajstić information content (AvgIpc) is 3.41. The number of pyridine rings is 1. The molecule has 1 saturated carbocycles. The molecule has 2 aromatic rings. The third-order valence-electron chi connectivity index (χ3n) is 7.02. The third-order valence-corrected chi connectivity index (χ3v) is 9.35. The molecule has 0 spiro atoms. The van der Waals surface area contributed by atoms with E-state index in [9.17, 15) is 13.2 Å². The van der Waals surface area contributed by atoms with Crippen molar-refractivity contribution in [3.63, 3.8) is 0 Å². The largest absolute Gasteiger partial charge is 0.465 e. The normalized spacial score (nSPS) is 19.5. The topological polar surface area (TPSA) is 148 Å². The van der Waals surface area contributed by atoms with Crippen LogP contribution < -0.4 is 10.2 Å². The van der Waals surface area contributed by atoms with E-state index >= 15 is 0 Å². The first-order chi connectivity index (χ1) is 18.2. The number of guanidine groups is 1. The lowest BCUT2D eigenvalue weighted by Crippen LogP contribution is -2.57. The van der Waals surface area contributed by atoms with Gasteiger partial charge < -0.3 is 19.9 Å². The van der Waals surface area contributed by atoms with E-state index in [1.54, 1.807) is 13.0 Å². The van der Waals surface area contributed by atoms with Gasteiger partial charge in [0.05, 0.1) is 30.0 Å². The van der Waals surface area contributed by atoms with Gasteiger partial charge in [-0.1, -0.05) is 18.9 Å². The number of nitrogens with two attached hydrogens (primary N) is 1. The van der Waals surface area contributed by atoms with Gasteiger partial charge in [-0.3, -0.25) is 15.2 Å². The van der Waals surface area contributed by atoms with Crippen molar-refractivity contribution in [2.24, 2.45) is 5.73 Å². The molecule has 2 aliphatic rings. The van der Waals surface area contributed by atoms with Crippen LogP contribution in [0.5, 0.6) is 0 Å². The fraction of sp³-hybridized carbons (Fsp3) is 0.560. The summed E-state index contributed by atoms with van der Waals surface area (Å²) in [5, 5.41) is 8.67. The molecule has 1 aromatic heterocycles. The van der Waals surface area contributed by atoms with Crippen LogP contribution in [0.3, 0.4) is 0 Å². The first kappa shape index (κ1) is 28.5. The maximum atomic E-state index is 14.2. The van der Waals surface area contributed by atoms with Gasteiger partial charge in [-0.15, -0.1) is 0 Å². The Bertz CT molecular complexity index is 1260. The SMILES string of the molecule is CCOC(=O)C1(N(CCOC2CCCCO2)S(=O)(=O)c2ccc3c(N(Cl)C(=N)N)cncc3c2)CCCC1. The molecule has 2 fully saturated rings. The quantitative estimate of drug-likeness (QED) is 0.190. The molecule has 1 saturated heterocycles. The number of sulfonamides is 1. The molecular weight excluding hydrogens is 534 g/mol. The summed E-state index contributed by atoms with van der Waals surface area (Å²) in [6.07, 6.45) is 7.40. The van der Waals surface area contributed by atoms with E-state index in [4.69, 9.17) is 37.1 Å². The summed E-state index contributed by atoms with van der Waals surface area (Å²) >= 11 is 6.13. The molecule has 0 amide bonds. The van der Waals surface area contributed by atoms with Gasteiger partial charge in [-0.2, -0.15) is 4.31 Å². The van der Waals surface area contributed by atoms with Crippen LogP contribution in [0, 0.1) is 5.41 Å². The number of fused-ring (bicyclic) bond motifs is 1. The molecular formula is C25H34ClN5O6S. The Balaban J connectivity index is 1.71. The first-order valence-electron chi connectivity index (χ1n) is 12.8. The number of benzene rings is 1. The fourth-order valence-corrected chi connectivity index (χ4v) is 7.10. The second-order valence-corrected chi connectivity index (χ2v) is 11.6. The highest BCUT2D eigenvalue weighted by Gasteiger charge is 2.52. The number of rotatable bonds is 10. The molecule has 13 heteroatoms. The van der Waals surface area contributed by atoms with E-state index in [1.807, 2.05) is 0 Å². The number of anilines is 1. The zero-order valence-corrected chi connectivity index (χ0v) is 23.0. The predicted octanol–water partition coefficient (Wildman–Crippen LogP) is 3.50. The number of ether oxygens (including phenoxy) is 3. The van der Waals surface area contributed by atoms with Crippen molar-refractivity contribution in [2.75, 3.05) is 30.8 Å². The van der Waals surface area contributed by atoms with E-state index in [2.05, 4.69) is 4.98 Å². The molecule has 1 unspecified atom stereocenters.